The lowest BCUT2D eigenvalue weighted by atomic mass is 9.98. The van der Waals surface area contributed by atoms with Crippen LogP contribution in [0.1, 0.15) is 49.8 Å². The molecule has 0 saturated heterocycles. The Morgan fingerprint density at radius 2 is 1.84 bits per heavy atom. The second-order valence-electron chi connectivity index (χ2n) is 11.1. The number of aromatic nitrogens is 3. The third-order valence-electron chi connectivity index (χ3n) is 7.24. The quantitative estimate of drug-likeness (QED) is 0.172. The summed E-state index contributed by atoms with van der Waals surface area (Å²) in [6.07, 6.45) is -1.77. The Kier molecular flexibility index (Phi) is 9.71. The van der Waals surface area contributed by atoms with Crippen LogP contribution >= 0.6 is 11.8 Å². The first kappa shape index (κ1) is 32.0. The summed E-state index contributed by atoms with van der Waals surface area (Å²) in [5, 5.41) is 12.7. The van der Waals surface area contributed by atoms with Gasteiger partial charge in [-0.2, -0.15) is 0 Å². The number of hydrogen-bond donors (Lipinski definition) is 2. The molecule has 1 aliphatic rings. The van der Waals surface area contributed by atoms with Gasteiger partial charge in [0.25, 0.3) is 0 Å². The van der Waals surface area contributed by atoms with E-state index in [1.54, 1.807) is 11.8 Å². The van der Waals surface area contributed by atoms with Gasteiger partial charge in [-0.1, -0.05) is 55.9 Å². The van der Waals surface area contributed by atoms with Crippen molar-refractivity contribution in [3.63, 3.8) is 0 Å². The molecule has 2 N–H and O–H groups in total. The first-order valence-electron chi connectivity index (χ1n) is 14.6. The SMILES string of the molecule is CC1=CSC(NC(=O)NCCCc2cccc(-c3ncn(-c4ccc(OC(F)(F)F)cc4)n3)c2)N1c1cc(C)ccc1C(C)C. The first-order valence-corrected chi connectivity index (χ1v) is 15.5. The van der Waals surface area contributed by atoms with Gasteiger partial charge >= 0.3 is 12.4 Å². The summed E-state index contributed by atoms with van der Waals surface area (Å²) < 4.78 is 42.7. The van der Waals surface area contributed by atoms with Crippen LogP contribution in [0.25, 0.3) is 17.1 Å². The van der Waals surface area contributed by atoms with Gasteiger partial charge in [-0.05, 0) is 91.1 Å². The van der Waals surface area contributed by atoms with Crippen molar-refractivity contribution in [3.8, 4) is 22.8 Å². The molecule has 0 saturated carbocycles. The molecule has 8 nitrogen and oxygen atoms in total. The van der Waals surface area contributed by atoms with Crippen molar-refractivity contribution in [1.82, 2.24) is 25.4 Å². The summed E-state index contributed by atoms with van der Waals surface area (Å²) in [6, 6.07) is 19.5. The minimum absolute atomic E-state index is 0.221. The van der Waals surface area contributed by atoms with E-state index in [4.69, 9.17) is 0 Å². The molecule has 0 spiro atoms. The molecule has 12 heteroatoms. The second-order valence-corrected chi connectivity index (χ2v) is 12.0. The molecular formula is C33H35F3N6O2S. The number of amides is 2. The van der Waals surface area contributed by atoms with Gasteiger partial charge in [0.05, 0.1) is 5.69 Å². The summed E-state index contributed by atoms with van der Waals surface area (Å²) in [5.74, 6) is 0.531. The molecule has 1 atom stereocenters. The van der Waals surface area contributed by atoms with E-state index in [0.29, 0.717) is 24.0 Å². The largest absolute Gasteiger partial charge is 0.573 e. The molecule has 4 aromatic rings. The predicted molar refractivity (Wildman–Crippen MR) is 171 cm³/mol. The first-order chi connectivity index (χ1) is 21.5. The normalized spacial score (nSPS) is 14.9. The smallest absolute Gasteiger partial charge is 0.406 e. The number of hydrogen-bond acceptors (Lipinski definition) is 6. The average Bonchev–Trinajstić information content (AvgIpc) is 3.62. The Morgan fingerprint density at radius 1 is 1.07 bits per heavy atom. The van der Waals surface area contributed by atoms with Gasteiger partial charge in [0.1, 0.15) is 12.1 Å². The number of aryl methyl sites for hydroxylation is 2. The van der Waals surface area contributed by atoms with E-state index in [1.807, 2.05) is 24.3 Å². The summed E-state index contributed by atoms with van der Waals surface area (Å²) >= 11 is 1.58. The molecule has 0 fully saturated rings. The summed E-state index contributed by atoms with van der Waals surface area (Å²) in [6.45, 7) is 8.98. The number of carbonyl (C=O) groups excluding carboxylic acids is 1. The molecule has 1 unspecified atom stereocenters. The Balaban J connectivity index is 1.13. The minimum Gasteiger partial charge on any atom is -0.406 e. The van der Waals surface area contributed by atoms with Gasteiger partial charge in [-0.3, -0.25) is 0 Å². The fraction of sp³-hybridized carbons (Fsp3) is 0.303. The van der Waals surface area contributed by atoms with Crippen molar-refractivity contribution < 1.29 is 22.7 Å². The highest BCUT2D eigenvalue weighted by Crippen LogP contribution is 2.38. The number of rotatable bonds is 10. The van der Waals surface area contributed by atoms with Gasteiger partial charge in [0.15, 0.2) is 11.3 Å². The number of benzene rings is 3. The van der Waals surface area contributed by atoms with Crippen molar-refractivity contribution >= 4 is 23.5 Å². The van der Waals surface area contributed by atoms with Gasteiger partial charge in [0.2, 0.25) is 0 Å². The number of anilines is 1. The number of alkyl halides is 3. The maximum absolute atomic E-state index is 12.9. The molecule has 236 valence electrons. The summed E-state index contributed by atoms with van der Waals surface area (Å²) in [5.41, 5.74) is 6.80. The van der Waals surface area contributed by atoms with Crippen LogP contribution in [0.2, 0.25) is 0 Å². The number of thioether (sulfide) groups is 1. The highest BCUT2D eigenvalue weighted by Gasteiger charge is 2.31. The predicted octanol–water partition coefficient (Wildman–Crippen LogP) is 7.89. The Morgan fingerprint density at radius 3 is 2.58 bits per heavy atom. The Labute approximate surface area is 264 Å². The number of allylic oxidation sites excluding steroid dienone is 1. The van der Waals surface area contributed by atoms with Crippen molar-refractivity contribution in [1.29, 1.82) is 0 Å². The maximum Gasteiger partial charge on any atom is 0.573 e. The number of nitrogens with zero attached hydrogens (tertiary/aromatic N) is 4. The van der Waals surface area contributed by atoms with Crippen LogP contribution in [0.4, 0.5) is 23.7 Å². The second kappa shape index (κ2) is 13.7. The molecule has 2 heterocycles. The van der Waals surface area contributed by atoms with E-state index in [-0.39, 0.29) is 17.3 Å². The molecule has 3 aromatic carbocycles. The zero-order chi connectivity index (χ0) is 32.1. The zero-order valence-electron chi connectivity index (χ0n) is 25.4. The summed E-state index contributed by atoms with van der Waals surface area (Å²) in [7, 11) is 0. The van der Waals surface area contributed by atoms with Crippen LogP contribution in [0.5, 0.6) is 5.75 Å². The van der Waals surface area contributed by atoms with E-state index < -0.39 is 6.36 Å². The Bertz CT molecular complexity index is 1670. The number of halogens is 3. The molecule has 0 aliphatic carbocycles. The van der Waals surface area contributed by atoms with E-state index in [0.717, 1.165) is 35.4 Å². The molecule has 2 amide bonds. The van der Waals surface area contributed by atoms with E-state index in [9.17, 15) is 18.0 Å². The van der Waals surface area contributed by atoms with Crippen molar-refractivity contribution in [3.05, 3.63) is 101 Å². The lowest BCUT2D eigenvalue weighted by molar-refractivity contribution is -0.274. The molecule has 45 heavy (non-hydrogen) atoms. The lowest BCUT2D eigenvalue weighted by Gasteiger charge is -2.31. The summed E-state index contributed by atoms with van der Waals surface area (Å²) in [4.78, 5) is 19.4. The molecule has 1 aromatic heterocycles. The van der Waals surface area contributed by atoms with Crippen LogP contribution in [0.3, 0.4) is 0 Å². The highest BCUT2D eigenvalue weighted by molar-refractivity contribution is 8.03. The van der Waals surface area contributed by atoms with Gasteiger partial charge in [0, 0.05) is 23.5 Å². The standard InChI is InChI=1S/C33H35F3N6O2S/c1-21(2)28-15-10-22(3)17-29(28)42-23(4)19-45-32(42)39-31(43)37-16-6-8-24-7-5-9-25(18-24)30-38-20-41(40-30)26-11-13-27(14-12-26)44-33(34,35)36/h5,7,9-15,17-21,32H,6,8,16H2,1-4H3,(H2,37,39,43). The molecule has 0 radical (unpaired) electrons. The van der Waals surface area contributed by atoms with Gasteiger partial charge in [-0.25, -0.2) is 14.5 Å². The molecule has 1 aliphatic heterocycles. The van der Waals surface area contributed by atoms with Crippen LogP contribution in [-0.4, -0.2) is 39.2 Å². The molecular weight excluding hydrogens is 601 g/mol. The third-order valence-corrected chi connectivity index (χ3v) is 8.31. The minimum atomic E-state index is -4.75. The fourth-order valence-electron chi connectivity index (χ4n) is 5.07. The van der Waals surface area contributed by atoms with E-state index in [1.165, 1.54) is 46.4 Å². The van der Waals surface area contributed by atoms with Crippen LogP contribution in [0.15, 0.2) is 84.2 Å². The van der Waals surface area contributed by atoms with Gasteiger partial charge < -0.3 is 20.3 Å². The average molecular weight is 637 g/mol. The maximum atomic E-state index is 12.9. The van der Waals surface area contributed by atoms with E-state index in [2.05, 4.69) is 81.7 Å². The van der Waals surface area contributed by atoms with Crippen molar-refractivity contribution in [2.24, 2.45) is 0 Å². The number of nitrogens with one attached hydrogen (secondary N) is 2. The third kappa shape index (κ3) is 8.18. The van der Waals surface area contributed by atoms with Crippen molar-refractivity contribution in [2.45, 2.75) is 58.3 Å². The number of urea groups is 1. The lowest BCUT2D eigenvalue weighted by Crippen LogP contribution is -2.47. The molecule has 0 bridgehead atoms. The zero-order valence-corrected chi connectivity index (χ0v) is 26.2. The monoisotopic (exact) mass is 636 g/mol. The Hall–Kier alpha value is -4.45. The van der Waals surface area contributed by atoms with Crippen molar-refractivity contribution in [2.75, 3.05) is 11.4 Å². The van der Waals surface area contributed by atoms with Crippen LogP contribution < -0.4 is 20.3 Å². The van der Waals surface area contributed by atoms with E-state index >= 15 is 0 Å². The molecule has 5 rings (SSSR count). The van der Waals surface area contributed by atoms with Gasteiger partial charge in [-0.15, -0.1) is 18.3 Å². The fourth-order valence-corrected chi connectivity index (χ4v) is 6.09. The topological polar surface area (TPSA) is 84.3 Å². The van der Waals surface area contributed by atoms with Crippen LogP contribution in [0, 0.1) is 6.92 Å². The van der Waals surface area contributed by atoms with Crippen LogP contribution in [-0.2, 0) is 6.42 Å². The number of carbonyl (C=O) groups is 1. The highest BCUT2D eigenvalue weighted by atomic mass is 32.2. The number of ether oxygens (including phenoxy) is 1.